The van der Waals surface area contributed by atoms with E-state index >= 15 is 0 Å². The highest BCUT2D eigenvalue weighted by atomic mass is 16.2. The zero-order chi connectivity index (χ0) is 14.4. The number of nitrogens with one attached hydrogen (secondary N) is 1. The number of hydrogen-bond acceptors (Lipinski definition) is 3. The quantitative estimate of drug-likeness (QED) is 0.607. The zero-order valence-corrected chi connectivity index (χ0v) is 11.8. The molecule has 1 saturated heterocycles. The van der Waals surface area contributed by atoms with Crippen molar-refractivity contribution in [3.8, 4) is 0 Å². The van der Waals surface area contributed by atoms with Gasteiger partial charge in [0.15, 0.2) is 0 Å². The summed E-state index contributed by atoms with van der Waals surface area (Å²) in [5, 5.41) is 2.80. The molecule has 0 radical (unpaired) electrons. The summed E-state index contributed by atoms with van der Waals surface area (Å²) in [5.74, 6) is -0.593. The normalized spacial score (nSPS) is 35.6. The van der Waals surface area contributed by atoms with Crippen molar-refractivity contribution in [3.63, 3.8) is 0 Å². The van der Waals surface area contributed by atoms with Crippen LogP contribution in [0.5, 0.6) is 0 Å². The number of imide groups is 1. The summed E-state index contributed by atoms with van der Waals surface area (Å²) in [6, 6.07) is 0.0626. The third-order valence-corrected chi connectivity index (χ3v) is 4.88. The Morgan fingerprint density at radius 1 is 1.30 bits per heavy atom. The van der Waals surface area contributed by atoms with Gasteiger partial charge in [0.05, 0.1) is 11.8 Å². The Kier molecular flexibility index (Phi) is 3.15. The maximum atomic E-state index is 12.4. The van der Waals surface area contributed by atoms with Crippen molar-refractivity contribution in [3.05, 3.63) is 12.2 Å². The molecule has 5 heteroatoms. The van der Waals surface area contributed by atoms with Crippen molar-refractivity contribution >= 4 is 17.7 Å². The van der Waals surface area contributed by atoms with Crippen LogP contribution < -0.4 is 5.32 Å². The van der Waals surface area contributed by atoms with Crippen LogP contribution in [0.3, 0.4) is 0 Å². The molecule has 0 unspecified atom stereocenters. The molecule has 2 aliphatic carbocycles. The van der Waals surface area contributed by atoms with Crippen LogP contribution in [0.25, 0.3) is 0 Å². The minimum Gasteiger partial charge on any atom is -0.352 e. The minimum absolute atomic E-state index is 0.0626. The molecule has 3 rings (SSSR count). The number of rotatable bonds is 4. The molecule has 0 aromatic heterocycles. The molecule has 3 amide bonds. The molecular weight excluding hydrogens is 256 g/mol. The SMILES string of the molecule is CC[C@H](C)NC(=O)CN1C(=O)[C@H]2[C@H](C1=O)[C@H]1C=C[C@H]2C1. The first-order valence-corrected chi connectivity index (χ1v) is 7.35. The van der Waals surface area contributed by atoms with Gasteiger partial charge < -0.3 is 5.32 Å². The average molecular weight is 276 g/mol. The van der Waals surface area contributed by atoms with Crippen LogP contribution in [0.2, 0.25) is 0 Å². The monoisotopic (exact) mass is 276 g/mol. The molecule has 2 fully saturated rings. The third-order valence-electron chi connectivity index (χ3n) is 4.88. The second kappa shape index (κ2) is 4.72. The fraction of sp³-hybridized carbons (Fsp3) is 0.667. The second-order valence-corrected chi connectivity index (χ2v) is 6.14. The maximum Gasteiger partial charge on any atom is 0.240 e. The van der Waals surface area contributed by atoms with E-state index in [0.717, 1.165) is 12.8 Å². The summed E-state index contributed by atoms with van der Waals surface area (Å²) in [6.07, 6.45) is 5.85. The van der Waals surface area contributed by atoms with Crippen LogP contribution >= 0.6 is 0 Å². The van der Waals surface area contributed by atoms with Gasteiger partial charge in [0, 0.05) is 6.04 Å². The molecule has 0 aromatic rings. The van der Waals surface area contributed by atoms with Crippen LogP contribution in [0, 0.1) is 23.7 Å². The molecule has 0 aromatic carbocycles. The molecule has 3 aliphatic rings. The Balaban J connectivity index is 1.69. The van der Waals surface area contributed by atoms with E-state index in [1.807, 2.05) is 13.8 Å². The maximum absolute atomic E-state index is 12.4. The highest BCUT2D eigenvalue weighted by Crippen LogP contribution is 2.52. The number of nitrogens with zero attached hydrogens (tertiary/aromatic N) is 1. The number of amides is 3. The molecule has 1 heterocycles. The summed E-state index contributed by atoms with van der Waals surface area (Å²) in [5.41, 5.74) is 0. The lowest BCUT2D eigenvalue weighted by Gasteiger charge is -2.18. The summed E-state index contributed by atoms with van der Waals surface area (Å²) < 4.78 is 0. The fourth-order valence-electron chi connectivity index (χ4n) is 3.69. The van der Waals surface area contributed by atoms with Crippen LogP contribution in [0.15, 0.2) is 12.2 Å². The fourth-order valence-corrected chi connectivity index (χ4v) is 3.69. The van der Waals surface area contributed by atoms with E-state index in [4.69, 9.17) is 0 Å². The number of allylic oxidation sites excluding steroid dienone is 2. The average Bonchev–Trinajstić information content (AvgIpc) is 3.08. The Hall–Kier alpha value is -1.65. The summed E-state index contributed by atoms with van der Waals surface area (Å²) in [6.45, 7) is 3.75. The number of hydrogen-bond donors (Lipinski definition) is 1. The predicted molar refractivity (Wildman–Crippen MR) is 72.3 cm³/mol. The number of carbonyl (C=O) groups excluding carboxylic acids is 3. The first kappa shape index (κ1) is 13.3. The van der Waals surface area contributed by atoms with Crippen molar-refractivity contribution in [1.82, 2.24) is 10.2 Å². The van der Waals surface area contributed by atoms with E-state index in [-0.39, 0.29) is 54.0 Å². The number of carbonyl (C=O) groups is 3. The van der Waals surface area contributed by atoms with Gasteiger partial charge >= 0.3 is 0 Å². The van der Waals surface area contributed by atoms with Crippen LogP contribution in [0.1, 0.15) is 26.7 Å². The molecule has 0 spiro atoms. The van der Waals surface area contributed by atoms with Gasteiger partial charge in [-0.1, -0.05) is 19.1 Å². The molecule has 1 aliphatic heterocycles. The Bertz CT molecular complexity index is 469. The predicted octanol–water partition coefficient (Wildman–Crippen LogP) is 0.708. The molecule has 1 N–H and O–H groups in total. The van der Waals surface area contributed by atoms with Gasteiger partial charge in [0.1, 0.15) is 6.54 Å². The molecule has 2 bridgehead atoms. The highest BCUT2D eigenvalue weighted by Gasteiger charge is 2.59. The lowest BCUT2D eigenvalue weighted by Crippen LogP contribution is -2.44. The Labute approximate surface area is 118 Å². The smallest absolute Gasteiger partial charge is 0.240 e. The van der Waals surface area contributed by atoms with Crippen molar-refractivity contribution in [2.45, 2.75) is 32.7 Å². The lowest BCUT2D eigenvalue weighted by atomic mass is 9.85. The third kappa shape index (κ3) is 1.87. The summed E-state index contributed by atoms with van der Waals surface area (Å²) in [4.78, 5) is 37.8. The molecular formula is C15H20N2O3. The van der Waals surface area contributed by atoms with Crippen molar-refractivity contribution in [1.29, 1.82) is 0 Å². The van der Waals surface area contributed by atoms with E-state index in [1.165, 1.54) is 4.90 Å². The lowest BCUT2D eigenvalue weighted by molar-refractivity contribution is -0.144. The van der Waals surface area contributed by atoms with Crippen LogP contribution in [0.4, 0.5) is 0 Å². The Morgan fingerprint density at radius 3 is 2.35 bits per heavy atom. The minimum atomic E-state index is -0.249. The number of likely N-dealkylation sites (tertiary alicyclic amines) is 1. The van der Waals surface area contributed by atoms with Crippen molar-refractivity contribution in [2.24, 2.45) is 23.7 Å². The largest absolute Gasteiger partial charge is 0.352 e. The van der Waals surface area contributed by atoms with Crippen LogP contribution in [-0.2, 0) is 14.4 Å². The van der Waals surface area contributed by atoms with Gasteiger partial charge in [-0.3, -0.25) is 19.3 Å². The van der Waals surface area contributed by atoms with Crippen molar-refractivity contribution in [2.75, 3.05) is 6.54 Å². The van der Waals surface area contributed by atoms with E-state index in [2.05, 4.69) is 17.5 Å². The molecule has 5 atom stereocenters. The van der Waals surface area contributed by atoms with Gasteiger partial charge in [-0.2, -0.15) is 0 Å². The van der Waals surface area contributed by atoms with Gasteiger partial charge in [-0.25, -0.2) is 0 Å². The second-order valence-electron chi connectivity index (χ2n) is 6.14. The summed E-state index contributed by atoms with van der Waals surface area (Å²) >= 11 is 0. The van der Waals surface area contributed by atoms with Crippen LogP contribution in [-0.4, -0.2) is 35.2 Å². The highest BCUT2D eigenvalue weighted by molar-refractivity contribution is 6.08. The van der Waals surface area contributed by atoms with E-state index < -0.39 is 0 Å². The van der Waals surface area contributed by atoms with Gasteiger partial charge in [0.25, 0.3) is 0 Å². The van der Waals surface area contributed by atoms with E-state index in [9.17, 15) is 14.4 Å². The van der Waals surface area contributed by atoms with Gasteiger partial charge in [0.2, 0.25) is 17.7 Å². The molecule has 1 saturated carbocycles. The first-order valence-electron chi connectivity index (χ1n) is 7.35. The van der Waals surface area contributed by atoms with Crippen molar-refractivity contribution < 1.29 is 14.4 Å². The van der Waals surface area contributed by atoms with E-state index in [0.29, 0.717) is 0 Å². The Morgan fingerprint density at radius 2 is 1.85 bits per heavy atom. The first-order chi connectivity index (χ1) is 9.52. The topological polar surface area (TPSA) is 66.5 Å². The van der Waals surface area contributed by atoms with Gasteiger partial charge in [-0.05, 0) is 31.6 Å². The van der Waals surface area contributed by atoms with E-state index in [1.54, 1.807) is 0 Å². The molecule has 20 heavy (non-hydrogen) atoms. The zero-order valence-electron chi connectivity index (χ0n) is 11.8. The van der Waals surface area contributed by atoms with Gasteiger partial charge in [-0.15, -0.1) is 0 Å². The number of fused-ring (bicyclic) bond motifs is 5. The summed E-state index contributed by atoms with van der Waals surface area (Å²) in [7, 11) is 0. The standard InChI is InChI=1S/C15H20N2O3/c1-3-8(2)16-11(18)7-17-14(19)12-9-4-5-10(6-9)13(12)15(17)20/h4-5,8-10,12-13H,3,6-7H2,1-2H3,(H,16,18)/t8-,9-,10-,12+,13+/m0/s1. The molecule has 5 nitrogen and oxygen atoms in total. The molecule has 108 valence electrons.